The Labute approximate surface area is 194 Å². The number of aromatic nitrogens is 4. The van der Waals surface area contributed by atoms with Crippen LogP contribution in [-0.4, -0.2) is 19.7 Å². The summed E-state index contributed by atoms with van der Waals surface area (Å²) in [6.07, 6.45) is 2.27. The molecule has 8 heteroatoms. The molecule has 0 aliphatic heterocycles. The van der Waals surface area contributed by atoms with Gasteiger partial charge in [-0.05, 0) is 32.4 Å². The van der Waals surface area contributed by atoms with Crippen LogP contribution in [0, 0.1) is 0 Å². The third-order valence-electron chi connectivity index (χ3n) is 4.59. The highest BCUT2D eigenvalue weighted by Crippen LogP contribution is 2.34. The van der Waals surface area contributed by atoms with E-state index >= 15 is 0 Å². The second kappa shape index (κ2) is 9.64. The number of benzene rings is 1. The number of aryl methyl sites for hydroxylation is 1. The first-order chi connectivity index (χ1) is 14.6. The molecule has 0 amide bonds. The Morgan fingerprint density at radius 2 is 1.97 bits per heavy atom. The summed E-state index contributed by atoms with van der Waals surface area (Å²) in [6, 6.07) is 10.4. The van der Waals surface area contributed by atoms with Crippen LogP contribution in [0.2, 0.25) is 5.02 Å². The standard InChI is InChI=1S/C22H23ClN4S3/c1-4-7-17-10-15(11-28-17)20-25-26-22(27(20)14(2)3)30-13-16-12-29-21(24-16)18-8-5-6-9-19(18)23/h5-6,8-12,14H,4,7,13H2,1-3H3. The fourth-order valence-corrected chi connectivity index (χ4v) is 6.36. The van der Waals surface area contributed by atoms with Crippen molar-refractivity contribution in [3.8, 4) is 22.0 Å². The summed E-state index contributed by atoms with van der Waals surface area (Å²) in [5.74, 6) is 1.69. The number of hydrogen-bond acceptors (Lipinski definition) is 6. The summed E-state index contributed by atoms with van der Waals surface area (Å²) < 4.78 is 2.23. The van der Waals surface area contributed by atoms with Gasteiger partial charge in [-0.3, -0.25) is 4.57 Å². The normalized spacial score (nSPS) is 11.5. The van der Waals surface area contributed by atoms with Crippen molar-refractivity contribution >= 4 is 46.0 Å². The van der Waals surface area contributed by atoms with Crippen LogP contribution in [-0.2, 0) is 12.2 Å². The van der Waals surface area contributed by atoms with Crippen molar-refractivity contribution in [3.05, 3.63) is 56.7 Å². The number of thiophene rings is 1. The number of halogens is 1. The number of hydrogen-bond donors (Lipinski definition) is 0. The van der Waals surface area contributed by atoms with E-state index < -0.39 is 0 Å². The molecule has 0 N–H and O–H groups in total. The van der Waals surface area contributed by atoms with Gasteiger partial charge in [-0.15, -0.1) is 32.9 Å². The van der Waals surface area contributed by atoms with Crippen LogP contribution in [0.1, 0.15) is 43.8 Å². The molecule has 0 saturated carbocycles. The van der Waals surface area contributed by atoms with Crippen LogP contribution in [0.25, 0.3) is 22.0 Å². The zero-order valence-corrected chi connectivity index (χ0v) is 20.3. The SMILES string of the molecule is CCCc1cc(-c2nnc(SCc3csc(-c4ccccc4Cl)n3)n2C(C)C)cs1. The van der Waals surface area contributed by atoms with Crippen LogP contribution in [0.15, 0.2) is 46.2 Å². The molecule has 3 aromatic heterocycles. The predicted octanol–water partition coefficient (Wildman–Crippen LogP) is 7.61. The zero-order chi connectivity index (χ0) is 21.1. The van der Waals surface area contributed by atoms with Crippen molar-refractivity contribution in [1.29, 1.82) is 0 Å². The quantitative estimate of drug-likeness (QED) is 0.246. The summed E-state index contributed by atoms with van der Waals surface area (Å²) in [5.41, 5.74) is 3.17. The van der Waals surface area contributed by atoms with E-state index in [4.69, 9.17) is 16.6 Å². The summed E-state index contributed by atoms with van der Waals surface area (Å²) in [5, 5.41) is 15.9. The van der Waals surface area contributed by atoms with Crippen molar-refractivity contribution in [2.75, 3.05) is 0 Å². The minimum atomic E-state index is 0.279. The Morgan fingerprint density at radius 1 is 1.13 bits per heavy atom. The largest absolute Gasteiger partial charge is 0.299 e. The molecular weight excluding hydrogens is 452 g/mol. The van der Waals surface area contributed by atoms with Gasteiger partial charge in [0.25, 0.3) is 0 Å². The van der Waals surface area contributed by atoms with Crippen molar-refractivity contribution in [3.63, 3.8) is 0 Å². The highest BCUT2D eigenvalue weighted by Gasteiger charge is 2.18. The Morgan fingerprint density at radius 3 is 2.73 bits per heavy atom. The van der Waals surface area contributed by atoms with Gasteiger partial charge in [0.15, 0.2) is 11.0 Å². The third-order valence-corrected chi connectivity index (χ3v) is 7.82. The molecule has 30 heavy (non-hydrogen) atoms. The molecule has 0 saturated heterocycles. The Balaban J connectivity index is 1.53. The van der Waals surface area contributed by atoms with Gasteiger partial charge in [0.05, 0.1) is 10.7 Å². The Hall–Kier alpha value is -1.67. The van der Waals surface area contributed by atoms with Gasteiger partial charge < -0.3 is 0 Å². The summed E-state index contributed by atoms with van der Waals surface area (Å²) in [6.45, 7) is 6.56. The molecule has 0 radical (unpaired) electrons. The maximum atomic E-state index is 6.32. The van der Waals surface area contributed by atoms with Crippen LogP contribution >= 0.6 is 46.0 Å². The maximum absolute atomic E-state index is 6.32. The van der Waals surface area contributed by atoms with E-state index in [0.717, 1.165) is 56.4 Å². The van der Waals surface area contributed by atoms with E-state index in [-0.39, 0.29) is 6.04 Å². The van der Waals surface area contributed by atoms with Crippen LogP contribution in [0.5, 0.6) is 0 Å². The smallest absolute Gasteiger partial charge is 0.192 e. The van der Waals surface area contributed by atoms with Gasteiger partial charge in [0.1, 0.15) is 5.01 Å². The van der Waals surface area contributed by atoms with E-state index in [1.54, 1.807) is 34.4 Å². The van der Waals surface area contributed by atoms with Crippen molar-refractivity contribution < 1.29 is 0 Å². The number of thiazole rings is 1. The highest BCUT2D eigenvalue weighted by atomic mass is 35.5. The maximum Gasteiger partial charge on any atom is 0.192 e. The molecule has 0 aliphatic rings. The summed E-state index contributed by atoms with van der Waals surface area (Å²) >= 11 is 11.4. The lowest BCUT2D eigenvalue weighted by atomic mass is 10.2. The zero-order valence-electron chi connectivity index (χ0n) is 17.1. The van der Waals surface area contributed by atoms with E-state index in [1.165, 1.54) is 4.88 Å². The molecular formula is C22H23ClN4S3. The van der Waals surface area contributed by atoms with Gasteiger partial charge in [0, 0.05) is 38.6 Å². The number of rotatable bonds is 8. The fourth-order valence-electron chi connectivity index (χ4n) is 3.18. The molecule has 0 atom stereocenters. The van der Waals surface area contributed by atoms with Gasteiger partial charge in [0.2, 0.25) is 0 Å². The molecule has 156 valence electrons. The molecule has 0 spiro atoms. The predicted molar refractivity (Wildman–Crippen MR) is 130 cm³/mol. The van der Waals surface area contributed by atoms with E-state index in [1.807, 2.05) is 24.3 Å². The van der Waals surface area contributed by atoms with Crippen LogP contribution < -0.4 is 0 Å². The number of thioether (sulfide) groups is 1. The first-order valence-electron chi connectivity index (χ1n) is 9.91. The average Bonchev–Trinajstić information content (AvgIpc) is 3.46. The van der Waals surface area contributed by atoms with E-state index in [0.29, 0.717) is 0 Å². The van der Waals surface area contributed by atoms with E-state index in [9.17, 15) is 0 Å². The highest BCUT2D eigenvalue weighted by molar-refractivity contribution is 7.98. The van der Waals surface area contributed by atoms with Gasteiger partial charge in [-0.2, -0.15) is 0 Å². The molecule has 0 unspecified atom stereocenters. The first kappa shape index (κ1) is 21.6. The van der Waals surface area contributed by atoms with Gasteiger partial charge in [-0.1, -0.05) is 54.9 Å². The van der Waals surface area contributed by atoms with Crippen LogP contribution in [0.4, 0.5) is 0 Å². The second-order valence-corrected chi connectivity index (χ2v) is 10.4. The first-order valence-corrected chi connectivity index (χ1v) is 13.0. The third kappa shape index (κ3) is 4.64. The number of nitrogens with zero attached hydrogens (tertiary/aromatic N) is 4. The minimum Gasteiger partial charge on any atom is -0.299 e. The monoisotopic (exact) mass is 474 g/mol. The van der Waals surface area contributed by atoms with Crippen molar-refractivity contribution in [2.24, 2.45) is 0 Å². The lowest BCUT2D eigenvalue weighted by Gasteiger charge is -2.12. The van der Waals surface area contributed by atoms with Gasteiger partial charge in [-0.25, -0.2) is 4.98 Å². The Bertz CT molecular complexity index is 1130. The summed E-state index contributed by atoms with van der Waals surface area (Å²) in [7, 11) is 0. The summed E-state index contributed by atoms with van der Waals surface area (Å²) in [4.78, 5) is 6.17. The molecule has 0 fully saturated rings. The van der Waals surface area contributed by atoms with Crippen molar-refractivity contribution in [1.82, 2.24) is 19.7 Å². The lowest BCUT2D eigenvalue weighted by Crippen LogP contribution is -2.04. The average molecular weight is 475 g/mol. The van der Waals surface area contributed by atoms with Gasteiger partial charge >= 0.3 is 0 Å². The molecule has 0 aliphatic carbocycles. The molecule has 4 nitrogen and oxygen atoms in total. The van der Waals surface area contributed by atoms with Crippen molar-refractivity contribution in [2.45, 2.75) is 50.6 Å². The van der Waals surface area contributed by atoms with Crippen LogP contribution in [0.3, 0.4) is 0 Å². The minimum absolute atomic E-state index is 0.279. The molecule has 4 rings (SSSR count). The molecule has 1 aromatic carbocycles. The molecule has 3 heterocycles. The molecule has 4 aromatic rings. The topological polar surface area (TPSA) is 43.6 Å². The second-order valence-electron chi connectivity index (χ2n) is 7.23. The van der Waals surface area contributed by atoms with E-state index in [2.05, 4.69) is 52.4 Å². The molecule has 0 bridgehead atoms. The lowest BCUT2D eigenvalue weighted by molar-refractivity contribution is 0.555. The Kier molecular flexibility index (Phi) is 6.93. The fraction of sp³-hybridized carbons (Fsp3) is 0.318.